The maximum Gasteiger partial charge on any atom is 0.0991 e. The van der Waals surface area contributed by atoms with Crippen molar-refractivity contribution in [2.24, 2.45) is 0 Å². The Bertz CT molecular complexity index is 376. The Morgan fingerprint density at radius 2 is 2.21 bits per heavy atom. The lowest BCUT2D eigenvalue weighted by atomic mass is 10.0. The predicted molar refractivity (Wildman–Crippen MR) is 55.8 cm³/mol. The van der Waals surface area contributed by atoms with Crippen molar-refractivity contribution in [2.75, 3.05) is 13.6 Å². The van der Waals surface area contributed by atoms with Crippen LogP contribution in [0.1, 0.15) is 23.1 Å². The first kappa shape index (κ1) is 9.23. The second-order valence-electron chi connectivity index (χ2n) is 3.94. The highest BCUT2D eigenvalue weighted by Gasteiger charge is 2.11. The molecule has 0 saturated heterocycles. The molecule has 0 amide bonds. The van der Waals surface area contributed by atoms with Gasteiger partial charge < -0.3 is 4.90 Å². The Morgan fingerprint density at radius 3 is 3.00 bits per heavy atom. The first-order valence-electron chi connectivity index (χ1n) is 5.00. The van der Waals surface area contributed by atoms with Crippen LogP contribution < -0.4 is 0 Å². The molecule has 2 heteroatoms. The summed E-state index contributed by atoms with van der Waals surface area (Å²) < 4.78 is 0. The number of hydrogen-bond acceptors (Lipinski definition) is 2. The van der Waals surface area contributed by atoms with Crippen LogP contribution in [0, 0.1) is 11.3 Å². The van der Waals surface area contributed by atoms with Gasteiger partial charge in [0.1, 0.15) is 0 Å². The van der Waals surface area contributed by atoms with Gasteiger partial charge >= 0.3 is 0 Å². The van der Waals surface area contributed by atoms with Crippen molar-refractivity contribution in [2.45, 2.75) is 19.4 Å². The van der Waals surface area contributed by atoms with Crippen molar-refractivity contribution in [3.8, 4) is 6.07 Å². The molecule has 1 aliphatic rings. The maximum atomic E-state index is 8.81. The molecule has 0 aromatic heterocycles. The molecule has 0 spiro atoms. The lowest BCUT2D eigenvalue weighted by Crippen LogP contribution is -2.17. The summed E-state index contributed by atoms with van der Waals surface area (Å²) in [6.07, 6.45) is 2.36. The summed E-state index contributed by atoms with van der Waals surface area (Å²) in [5.41, 5.74) is 3.51. The van der Waals surface area contributed by atoms with E-state index in [4.69, 9.17) is 5.26 Å². The smallest absolute Gasteiger partial charge is 0.0991 e. The van der Waals surface area contributed by atoms with Gasteiger partial charge in [-0.05, 0) is 49.7 Å². The lowest BCUT2D eigenvalue weighted by molar-refractivity contribution is 0.332. The van der Waals surface area contributed by atoms with Crippen LogP contribution in [-0.2, 0) is 13.0 Å². The van der Waals surface area contributed by atoms with E-state index in [1.54, 1.807) is 0 Å². The molecule has 1 aliphatic heterocycles. The SMILES string of the molecule is CN1CCCc2ccc(C#N)cc2C1. The number of hydrogen-bond donors (Lipinski definition) is 0. The molecule has 2 nitrogen and oxygen atoms in total. The van der Waals surface area contributed by atoms with Gasteiger partial charge in [-0.25, -0.2) is 0 Å². The number of nitrogens with zero attached hydrogens (tertiary/aromatic N) is 2. The maximum absolute atomic E-state index is 8.81. The Balaban J connectivity index is 2.38. The van der Waals surface area contributed by atoms with Gasteiger partial charge in [-0.2, -0.15) is 5.26 Å². The molecular weight excluding hydrogens is 172 g/mol. The molecule has 0 unspecified atom stereocenters. The topological polar surface area (TPSA) is 27.0 Å². The summed E-state index contributed by atoms with van der Waals surface area (Å²) in [5, 5.41) is 8.81. The molecule has 1 aromatic rings. The van der Waals surface area contributed by atoms with E-state index in [2.05, 4.69) is 24.1 Å². The fraction of sp³-hybridized carbons (Fsp3) is 0.417. The molecule has 0 saturated carbocycles. The van der Waals surface area contributed by atoms with E-state index in [0.717, 1.165) is 25.1 Å². The number of benzene rings is 1. The summed E-state index contributed by atoms with van der Waals surface area (Å²) in [7, 11) is 2.13. The minimum atomic E-state index is 0.777. The van der Waals surface area contributed by atoms with Gasteiger partial charge in [0, 0.05) is 6.54 Å². The zero-order valence-corrected chi connectivity index (χ0v) is 8.45. The Labute approximate surface area is 84.8 Å². The van der Waals surface area contributed by atoms with Crippen LogP contribution in [0.15, 0.2) is 18.2 Å². The molecule has 0 fully saturated rings. The molecule has 14 heavy (non-hydrogen) atoms. The predicted octanol–water partition coefficient (Wildman–Crippen LogP) is 1.94. The molecule has 1 aromatic carbocycles. The number of fused-ring (bicyclic) bond motifs is 1. The van der Waals surface area contributed by atoms with Crippen LogP contribution in [0.4, 0.5) is 0 Å². The van der Waals surface area contributed by atoms with Crippen molar-refractivity contribution in [1.29, 1.82) is 5.26 Å². The van der Waals surface area contributed by atoms with Crippen LogP contribution in [-0.4, -0.2) is 18.5 Å². The van der Waals surface area contributed by atoms with Gasteiger partial charge in [-0.15, -0.1) is 0 Å². The molecule has 0 N–H and O–H groups in total. The monoisotopic (exact) mass is 186 g/mol. The van der Waals surface area contributed by atoms with Crippen LogP contribution in [0.3, 0.4) is 0 Å². The minimum Gasteiger partial charge on any atom is -0.302 e. The van der Waals surface area contributed by atoms with Crippen molar-refractivity contribution < 1.29 is 0 Å². The summed E-state index contributed by atoms with van der Waals surface area (Å²) in [6.45, 7) is 2.13. The highest BCUT2D eigenvalue weighted by atomic mass is 15.1. The summed E-state index contributed by atoms with van der Waals surface area (Å²) >= 11 is 0. The standard InChI is InChI=1S/C12H14N2/c1-14-6-2-3-11-5-4-10(8-13)7-12(11)9-14/h4-5,7H,2-3,6,9H2,1H3. The normalized spacial score (nSPS) is 16.9. The van der Waals surface area contributed by atoms with Gasteiger partial charge in [-0.1, -0.05) is 6.07 Å². The highest BCUT2D eigenvalue weighted by molar-refractivity contribution is 5.38. The van der Waals surface area contributed by atoms with Gasteiger partial charge in [0.15, 0.2) is 0 Å². The zero-order valence-electron chi connectivity index (χ0n) is 8.45. The summed E-state index contributed by atoms with van der Waals surface area (Å²) in [4.78, 5) is 2.31. The van der Waals surface area contributed by atoms with Crippen molar-refractivity contribution in [1.82, 2.24) is 4.90 Å². The third kappa shape index (κ3) is 1.78. The molecule has 0 aliphatic carbocycles. The van der Waals surface area contributed by atoms with Crippen LogP contribution in [0.25, 0.3) is 0 Å². The van der Waals surface area contributed by atoms with E-state index in [9.17, 15) is 0 Å². The van der Waals surface area contributed by atoms with E-state index in [1.165, 1.54) is 17.5 Å². The number of nitriles is 1. The fourth-order valence-corrected chi connectivity index (χ4v) is 2.00. The average Bonchev–Trinajstić information content (AvgIpc) is 2.37. The highest BCUT2D eigenvalue weighted by Crippen LogP contribution is 2.18. The van der Waals surface area contributed by atoms with E-state index >= 15 is 0 Å². The van der Waals surface area contributed by atoms with Crippen LogP contribution in [0.5, 0.6) is 0 Å². The fourth-order valence-electron chi connectivity index (χ4n) is 2.00. The lowest BCUT2D eigenvalue weighted by Gasteiger charge is -2.13. The number of aryl methyl sites for hydroxylation is 1. The van der Waals surface area contributed by atoms with E-state index in [-0.39, 0.29) is 0 Å². The minimum absolute atomic E-state index is 0.777. The Morgan fingerprint density at radius 1 is 1.36 bits per heavy atom. The molecule has 2 rings (SSSR count). The van der Waals surface area contributed by atoms with Gasteiger partial charge in [0.05, 0.1) is 11.6 Å². The molecule has 0 radical (unpaired) electrons. The first-order valence-corrected chi connectivity index (χ1v) is 5.00. The third-order valence-electron chi connectivity index (χ3n) is 2.76. The summed E-state index contributed by atoms with van der Waals surface area (Å²) in [6, 6.07) is 8.24. The number of rotatable bonds is 0. The molecule has 0 atom stereocenters. The van der Waals surface area contributed by atoms with Crippen LogP contribution >= 0.6 is 0 Å². The molecular formula is C12H14N2. The average molecular weight is 186 g/mol. The second-order valence-corrected chi connectivity index (χ2v) is 3.94. The molecule has 1 heterocycles. The largest absolute Gasteiger partial charge is 0.302 e. The van der Waals surface area contributed by atoms with Crippen molar-refractivity contribution in [3.63, 3.8) is 0 Å². The van der Waals surface area contributed by atoms with Gasteiger partial charge in [0.2, 0.25) is 0 Å². The van der Waals surface area contributed by atoms with E-state index in [0.29, 0.717) is 0 Å². The Kier molecular flexibility index (Phi) is 2.51. The van der Waals surface area contributed by atoms with Crippen molar-refractivity contribution >= 4 is 0 Å². The first-order chi connectivity index (χ1) is 6.79. The van der Waals surface area contributed by atoms with Crippen molar-refractivity contribution in [3.05, 3.63) is 34.9 Å². The van der Waals surface area contributed by atoms with E-state index in [1.807, 2.05) is 12.1 Å². The zero-order chi connectivity index (χ0) is 9.97. The summed E-state index contributed by atoms with van der Waals surface area (Å²) in [5.74, 6) is 0. The second kappa shape index (κ2) is 3.81. The van der Waals surface area contributed by atoms with Gasteiger partial charge in [-0.3, -0.25) is 0 Å². The third-order valence-corrected chi connectivity index (χ3v) is 2.76. The molecule has 72 valence electrons. The van der Waals surface area contributed by atoms with Gasteiger partial charge in [0.25, 0.3) is 0 Å². The Hall–Kier alpha value is -1.33. The van der Waals surface area contributed by atoms with E-state index < -0.39 is 0 Å². The van der Waals surface area contributed by atoms with Crippen LogP contribution in [0.2, 0.25) is 0 Å². The quantitative estimate of drug-likeness (QED) is 0.619. The molecule has 0 bridgehead atoms.